The highest BCUT2D eigenvalue weighted by Crippen LogP contribution is 2.34. The molecular weight excluding hydrogens is 276 g/mol. The largest absolute Gasteiger partial charge is 0.312 e. The Hall–Kier alpha value is -0.900. The molecule has 2 aromatic rings. The molecule has 1 heterocycles. The third-order valence-electron chi connectivity index (χ3n) is 4.20. The number of hydrogen-bond acceptors (Lipinski definition) is 3. The Bertz CT molecular complexity index is 598. The highest BCUT2D eigenvalue weighted by molar-refractivity contribution is 7.19. The maximum absolute atomic E-state index is 3.61. The molecule has 1 aromatic carbocycles. The number of fused-ring (bicyclic) bond motifs is 1. The highest BCUT2D eigenvalue weighted by Gasteiger charge is 2.27. The smallest absolute Gasteiger partial charge is 0.0349 e. The van der Waals surface area contributed by atoms with Crippen LogP contribution in [0.2, 0.25) is 0 Å². The van der Waals surface area contributed by atoms with Gasteiger partial charge < -0.3 is 5.32 Å². The molecule has 1 fully saturated rings. The van der Waals surface area contributed by atoms with Gasteiger partial charge in [0.25, 0.3) is 0 Å². The van der Waals surface area contributed by atoms with Gasteiger partial charge in [-0.25, -0.2) is 0 Å². The Morgan fingerprint density at radius 1 is 1.29 bits per heavy atom. The quantitative estimate of drug-likeness (QED) is 0.823. The first-order valence-electron chi connectivity index (χ1n) is 8.05. The lowest BCUT2D eigenvalue weighted by Gasteiger charge is -2.17. The first-order valence-corrected chi connectivity index (χ1v) is 8.87. The molecule has 1 N–H and O–H groups in total. The summed E-state index contributed by atoms with van der Waals surface area (Å²) in [6.45, 7) is 7.71. The summed E-state index contributed by atoms with van der Waals surface area (Å²) >= 11 is 1.96. The standard InChI is InChI=1S/C18H26N2S/c1-13(2)10-19-11-18-16(12-20(3)14-8-9-14)15-6-4-5-7-17(15)21-18/h4-7,13-14,19H,8-12H2,1-3H3. The minimum absolute atomic E-state index is 0.706. The number of hydrogen-bond donors (Lipinski definition) is 1. The van der Waals surface area contributed by atoms with E-state index >= 15 is 0 Å². The second kappa shape index (κ2) is 6.47. The molecule has 1 aliphatic rings. The molecule has 1 aromatic heterocycles. The molecule has 0 amide bonds. The van der Waals surface area contributed by atoms with E-state index in [4.69, 9.17) is 0 Å². The maximum atomic E-state index is 3.61. The van der Waals surface area contributed by atoms with Crippen LogP contribution in [0.3, 0.4) is 0 Å². The second-order valence-corrected chi connectivity index (χ2v) is 7.81. The lowest BCUT2D eigenvalue weighted by Crippen LogP contribution is -2.22. The molecule has 1 saturated carbocycles. The van der Waals surface area contributed by atoms with E-state index < -0.39 is 0 Å². The number of rotatable bonds is 7. The summed E-state index contributed by atoms with van der Waals surface area (Å²) in [5.74, 6) is 0.706. The molecule has 0 atom stereocenters. The summed E-state index contributed by atoms with van der Waals surface area (Å²) in [4.78, 5) is 4.05. The van der Waals surface area contributed by atoms with Crippen molar-refractivity contribution in [2.45, 2.75) is 45.8 Å². The van der Waals surface area contributed by atoms with Gasteiger partial charge in [-0.2, -0.15) is 0 Å². The van der Waals surface area contributed by atoms with E-state index in [1.807, 2.05) is 11.3 Å². The van der Waals surface area contributed by atoms with Crippen molar-refractivity contribution in [3.05, 3.63) is 34.7 Å². The van der Waals surface area contributed by atoms with Crippen LogP contribution in [0.15, 0.2) is 24.3 Å². The summed E-state index contributed by atoms with van der Waals surface area (Å²) in [6, 6.07) is 9.68. The SMILES string of the molecule is CC(C)CNCc1sc2ccccc2c1CN(C)C1CC1. The molecule has 0 spiro atoms. The average molecular weight is 302 g/mol. The predicted molar refractivity (Wildman–Crippen MR) is 92.9 cm³/mol. The van der Waals surface area contributed by atoms with Crippen LogP contribution in [-0.2, 0) is 13.1 Å². The van der Waals surface area contributed by atoms with Gasteiger partial charge >= 0.3 is 0 Å². The first-order chi connectivity index (χ1) is 10.1. The normalized spacial score (nSPS) is 15.5. The van der Waals surface area contributed by atoms with Crippen molar-refractivity contribution in [2.24, 2.45) is 5.92 Å². The Morgan fingerprint density at radius 2 is 2.05 bits per heavy atom. The maximum Gasteiger partial charge on any atom is 0.0349 e. The monoisotopic (exact) mass is 302 g/mol. The van der Waals surface area contributed by atoms with E-state index in [1.165, 1.54) is 27.8 Å². The topological polar surface area (TPSA) is 15.3 Å². The van der Waals surface area contributed by atoms with Crippen molar-refractivity contribution >= 4 is 21.4 Å². The van der Waals surface area contributed by atoms with Crippen LogP contribution in [0.25, 0.3) is 10.1 Å². The number of nitrogens with zero attached hydrogens (tertiary/aromatic N) is 1. The summed E-state index contributed by atoms with van der Waals surface area (Å²) in [5.41, 5.74) is 1.54. The summed E-state index contributed by atoms with van der Waals surface area (Å²) < 4.78 is 1.43. The molecule has 0 saturated heterocycles. The van der Waals surface area contributed by atoms with Crippen LogP contribution < -0.4 is 5.32 Å². The van der Waals surface area contributed by atoms with E-state index in [0.29, 0.717) is 5.92 Å². The fourth-order valence-electron chi connectivity index (χ4n) is 2.83. The first kappa shape index (κ1) is 15.0. The molecule has 3 heteroatoms. The Morgan fingerprint density at radius 3 is 2.76 bits per heavy atom. The van der Waals surface area contributed by atoms with Gasteiger partial charge in [0.2, 0.25) is 0 Å². The van der Waals surface area contributed by atoms with Gasteiger partial charge in [-0.05, 0) is 49.4 Å². The third kappa shape index (κ3) is 3.65. The van der Waals surface area contributed by atoms with E-state index in [-0.39, 0.29) is 0 Å². The lowest BCUT2D eigenvalue weighted by molar-refractivity contribution is 0.317. The van der Waals surface area contributed by atoms with Crippen LogP contribution in [0.5, 0.6) is 0 Å². The molecule has 21 heavy (non-hydrogen) atoms. The van der Waals surface area contributed by atoms with Crippen molar-refractivity contribution in [3.63, 3.8) is 0 Å². The highest BCUT2D eigenvalue weighted by atomic mass is 32.1. The summed E-state index contributed by atoms with van der Waals surface area (Å²) in [6.07, 6.45) is 2.75. The Balaban J connectivity index is 1.82. The molecular formula is C18H26N2S. The van der Waals surface area contributed by atoms with E-state index in [9.17, 15) is 0 Å². The fourth-order valence-corrected chi connectivity index (χ4v) is 4.02. The van der Waals surface area contributed by atoms with Gasteiger partial charge in [-0.15, -0.1) is 11.3 Å². The molecule has 2 nitrogen and oxygen atoms in total. The molecule has 0 aliphatic heterocycles. The molecule has 1 aliphatic carbocycles. The molecule has 3 rings (SSSR count). The number of benzene rings is 1. The molecule has 0 bridgehead atoms. The van der Waals surface area contributed by atoms with Crippen molar-refractivity contribution in [1.82, 2.24) is 10.2 Å². The zero-order chi connectivity index (χ0) is 14.8. The van der Waals surface area contributed by atoms with Crippen LogP contribution in [0, 0.1) is 5.92 Å². The molecule has 0 unspecified atom stereocenters. The fraction of sp³-hybridized carbons (Fsp3) is 0.556. The van der Waals surface area contributed by atoms with Crippen LogP contribution >= 0.6 is 11.3 Å². The number of nitrogens with one attached hydrogen (secondary N) is 1. The van der Waals surface area contributed by atoms with Gasteiger partial charge in [0.1, 0.15) is 0 Å². The van der Waals surface area contributed by atoms with Crippen molar-refractivity contribution in [3.8, 4) is 0 Å². The van der Waals surface area contributed by atoms with Gasteiger partial charge in [0.05, 0.1) is 0 Å². The summed E-state index contributed by atoms with van der Waals surface area (Å²) in [5, 5.41) is 5.07. The molecule has 114 valence electrons. The van der Waals surface area contributed by atoms with Gasteiger partial charge in [-0.1, -0.05) is 32.0 Å². The van der Waals surface area contributed by atoms with Crippen LogP contribution in [-0.4, -0.2) is 24.5 Å². The van der Waals surface area contributed by atoms with Gasteiger partial charge in [-0.3, -0.25) is 4.90 Å². The Kier molecular flexibility index (Phi) is 4.63. The zero-order valence-electron chi connectivity index (χ0n) is 13.4. The third-order valence-corrected chi connectivity index (χ3v) is 5.41. The Labute approximate surface area is 132 Å². The van der Waals surface area contributed by atoms with Crippen LogP contribution in [0.1, 0.15) is 37.1 Å². The minimum atomic E-state index is 0.706. The van der Waals surface area contributed by atoms with Gasteiger partial charge in [0.15, 0.2) is 0 Å². The van der Waals surface area contributed by atoms with Crippen LogP contribution in [0.4, 0.5) is 0 Å². The predicted octanol–water partition coefficient (Wildman–Crippen LogP) is 4.24. The van der Waals surface area contributed by atoms with E-state index in [2.05, 4.69) is 55.4 Å². The number of thiophene rings is 1. The zero-order valence-corrected chi connectivity index (χ0v) is 14.2. The van der Waals surface area contributed by atoms with Crippen molar-refractivity contribution in [1.29, 1.82) is 0 Å². The van der Waals surface area contributed by atoms with Crippen molar-refractivity contribution in [2.75, 3.05) is 13.6 Å². The minimum Gasteiger partial charge on any atom is -0.312 e. The second-order valence-electron chi connectivity index (χ2n) is 6.67. The summed E-state index contributed by atoms with van der Waals surface area (Å²) in [7, 11) is 2.27. The van der Waals surface area contributed by atoms with E-state index in [1.54, 1.807) is 5.56 Å². The molecule has 0 radical (unpaired) electrons. The lowest BCUT2D eigenvalue weighted by atomic mass is 10.1. The van der Waals surface area contributed by atoms with E-state index in [0.717, 1.165) is 25.7 Å². The van der Waals surface area contributed by atoms with Crippen molar-refractivity contribution < 1.29 is 0 Å². The average Bonchev–Trinajstić information content (AvgIpc) is 3.24. The van der Waals surface area contributed by atoms with Gasteiger partial charge in [0, 0.05) is 28.7 Å².